The fourth-order valence-electron chi connectivity index (χ4n) is 1.99. The van der Waals surface area contributed by atoms with E-state index in [4.69, 9.17) is 14.9 Å². The normalized spacial score (nSPS) is 11.6. The molecule has 1 amide bonds. The molecule has 1 unspecified atom stereocenters. The Bertz CT molecular complexity index is 588. The second kappa shape index (κ2) is 8.17. The Morgan fingerprint density at radius 2 is 1.70 bits per heavy atom. The van der Waals surface area contributed by atoms with Crippen LogP contribution in [0.3, 0.4) is 0 Å². The number of nitrogens with one attached hydrogen (secondary N) is 1. The first kappa shape index (κ1) is 18.5. The summed E-state index contributed by atoms with van der Waals surface area (Å²) in [6.07, 6.45) is -0.520. The fourth-order valence-corrected chi connectivity index (χ4v) is 1.99. The quantitative estimate of drug-likeness (QED) is 0.667. The molecule has 0 fully saturated rings. The van der Waals surface area contributed by atoms with E-state index in [1.165, 1.54) is 0 Å². The second-order valence-electron chi connectivity index (χ2n) is 5.36. The Hall–Kier alpha value is -2.57. The molecule has 7 heteroatoms. The molecule has 23 heavy (non-hydrogen) atoms. The molecule has 1 aromatic carbocycles. The van der Waals surface area contributed by atoms with Gasteiger partial charge in [-0.15, -0.1) is 0 Å². The van der Waals surface area contributed by atoms with Gasteiger partial charge < -0.3 is 20.3 Å². The average molecular weight is 323 g/mol. The highest BCUT2D eigenvalue weighted by atomic mass is 16.5. The van der Waals surface area contributed by atoms with Crippen molar-refractivity contribution in [2.45, 2.75) is 39.7 Å². The molecule has 0 aromatic heterocycles. The molecule has 0 aliphatic heterocycles. The number of hydrogen-bond donors (Lipinski definition) is 3. The van der Waals surface area contributed by atoms with Crippen LogP contribution in [-0.4, -0.2) is 40.7 Å². The first-order valence-corrected chi connectivity index (χ1v) is 7.15. The molecule has 3 N–H and O–H groups in total. The van der Waals surface area contributed by atoms with Gasteiger partial charge in [0.05, 0.1) is 0 Å². The van der Waals surface area contributed by atoms with Crippen LogP contribution in [0.1, 0.15) is 29.5 Å². The summed E-state index contributed by atoms with van der Waals surface area (Å²) >= 11 is 0. The smallest absolute Gasteiger partial charge is 0.326 e. The highest BCUT2D eigenvalue weighted by Crippen LogP contribution is 2.20. The van der Waals surface area contributed by atoms with Crippen LogP contribution in [0, 0.1) is 20.8 Å². The number of amides is 1. The predicted octanol–water partition coefficient (Wildman–Crippen LogP) is 1.42. The van der Waals surface area contributed by atoms with E-state index < -0.39 is 23.9 Å². The summed E-state index contributed by atoms with van der Waals surface area (Å²) in [7, 11) is 0. The SMILES string of the molecule is Cc1cc(OCC(=O)NC(CCC(=O)O)C(=O)O)cc(C)c1C. The molecule has 0 spiro atoms. The predicted molar refractivity (Wildman–Crippen MR) is 82.6 cm³/mol. The molecule has 0 heterocycles. The molecule has 0 aliphatic rings. The van der Waals surface area contributed by atoms with Gasteiger partial charge in [-0.1, -0.05) is 0 Å². The van der Waals surface area contributed by atoms with Crippen molar-refractivity contribution in [1.82, 2.24) is 5.32 Å². The number of carboxylic acids is 2. The van der Waals surface area contributed by atoms with Crippen molar-refractivity contribution >= 4 is 17.8 Å². The highest BCUT2D eigenvalue weighted by Gasteiger charge is 2.21. The molecular weight excluding hydrogens is 302 g/mol. The van der Waals surface area contributed by atoms with Gasteiger partial charge in [-0.05, 0) is 56.0 Å². The zero-order valence-corrected chi connectivity index (χ0v) is 13.4. The van der Waals surface area contributed by atoms with Crippen molar-refractivity contribution in [2.24, 2.45) is 0 Å². The van der Waals surface area contributed by atoms with Gasteiger partial charge in [-0.2, -0.15) is 0 Å². The number of hydrogen-bond acceptors (Lipinski definition) is 4. The minimum atomic E-state index is -1.28. The number of aliphatic carboxylic acids is 2. The van der Waals surface area contributed by atoms with Gasteiger partial charge in [0.1, 0.15) is 11.8 Å². The van der Waals surface area contributed by atoms with Gasteiger partial charge >= 0.3 is 11.9 Å². The number of rotatable bonds is 8. The topological polar surface area (TPSA) is 113 Å². The van der Waals surface area contributed by atoms with E-state index in [9.17, 15) is 14.4 Å². The van der Waals surface area contributed by atoms with Crippen LogP contribution in [0.15, 0.2) is 12.1 Å². The zero-order chi connectivity index (χ0) is 17.6. The van der Waals surface area contributed by atoms with Crippen LogP contribution >= 0.6 is 0 Å². The van der Waals surface area contributed by atoms with Crippen LogP contribution in [0.4, 0.5) is 0 Å². The second-order valence-corrected chi connectivity index (χ2v) is 5.36. The molecule has 126 valence electrons. The maximum absolute atomic E-state index is 11.8. The average Bonchev–Trinajstić information content (AvgIpc) is 2.46. The Morgan fingerprint density at radius 1 is 1.13 bits per heavy atom. The van der Waals surface area contributed by atoms with Crippen LogP contribution in [0.2, 0.25) is 0 Å². The van der Waals surface area contributed by atoms with Gasteiger partial charge in [0, 0.05) is 6.42 Å². The molecule has 0 aliphatic carbocycles. The van der Waals surface area contributed by atoms with Crippen molar-refractivity contribution in [3.05, 3.63) is 28.8 Å². The third-order valence-electron chi connectivity index (χ3n) is 3.55. The Balaban J connectivity index is 2.58. The van der Waals surface area contributed by atoms with Gasteiger partial charge in [0.2, 0.25) is 0 Å². The number of carbonyl (C=O) groups excluding carboxylic acids is 1. The van der Waals surface area contributed by atoms with Gasteiger partial charge in [0.15, 0.2) is 6.61 Å². The maximum atomic E-state index is 11.8. The monoisotopic (exact) mass is 323 g/mol. The van der Waals surface area contributed by atoms with Crippen molar-refractivity contribution in [1.29, 1.82) is 0 Å². The molecule has 0 saturated heterocycles. The molecule has 1 rings (SSSR count). The molecule has 0 bridgehead atoms. The van der Waals surface area contributed by atoms with Crippen LogP contribution in [-0.2, 0) is 14.4 Å². The van der Waals surface area contributed by atoms with Crippen molar-refractivity contribution in [3.8, 4) is 5.75 Å². The summed E-state index contributed by atoms with van der Waals surface area (Å²) in [6.45, 7) is 5.52. The summed E-state index contributed by atoms with van der Waals surface area (Å²) in [5.41, 5.74) is 3.21. The molecule has 1 aromatic rings. The Kier molecular flexibility index (Phi) is 6.56. The van der Waals surface area contributed by atoms with E-state index in [0.29, 0.717) is 5.75 Å². The zero-order valence-electron chi connectivity index (χ0n) is 13.4. The van der Waals surface area contributed by atoms with Crippen molar-refractivity contribution in [2.75, 3.05) is 6.61 Å². The first-order chi connectivity index (χ1) is 10.7. The van der Waals surface area contributed by atoms with E-state index in [-0.39, 0.29) is 19.4 Å². The van der Waals surface area contributed by atoms with Gasteiger partial charge in [0.25, 0.3) is 5.91 Å². The third kappa shape index (κ3) is 5.98. The number of carboxylic acid groups (broad SMARTS) is 2. The van der Waals surface area contributed by atoms with Crippen molar-refractivity contribution in [3.63, 3.8) is 0 Å². The first-order valence-electron chi connectivity index (χ1n) is 7.15. The lowest BCUT2D eigenvalue weighted by atomic mass is 10.0. The van der Waals surface area contributed by atoms with E-state index in [0.717, 1.165) is 16.7 Å². The lowest BCUT2D eigenvalue weighted by molar-refractivity contribution is -0.143. The van der Waals surface area contributed by atoms with Gasteiger partial charge in [-0.3, -0.25) is 9.59 Å². The Morgan fingerprint density at radius 3 is 2.17 bits per heavy atom. The van der Waals surface area contributed by atoms with E-state index in [2.05, 4.69) is 5.32 Å². The number of carbonyl (C=O) groups is 3. The third-order valence-corrected chi connectivity index (χ3v) is 3.55. The summed E-state index contributed by atoms with van der Waals surface area (Å²) in [5.74, 6) is -2.48. The number of aryl methyl sites for hydroxylation is 2. The highest BCUT2D eigenvalue weighted by molar-refractivity contribution is 5.84. The molecular formula is C16H21NO6. The lowest BCUT2D eigenvalue weighted by Gasteiger charge is -2.15. The summed E-state index contributed by atoms with van der Waals surface area (Å²) in [6, 6.07) is 2.35. The van der Waals surface area contributed by atoms with Crippen LogP contribution in [0.25, 0.3) is 0 Å². The Labute approximate surface area is 134 Å². The molecule has 1 atom stereocenters. The molecule has 0 radical (unpaired) electrons. The van der Waals surface area contributed by atoms with E-state index in [1.54, 1.807) is 12.1 Å². The maximum Gasteiger partial charge on any atom is 0.326 e. The minimum Gasteiger partial charge on any atom is -0.484 e. The summed E-state index contributed by atoms with van der Waals surface area (Å²) in [5, 5.41) is 19.8. The molecule has 7 nitrogen and oxygen atoms in total. The minimum absolute atomic E-state index is 0.181. The van der Waals surface area contributed by atoms with E-state index >= 15 is 0 Å². The summed E-state index contributed by atoms with van der Waals surface area (Å²) < 4.78 is 5.37. The lowest BCUT2D eigenvalue weighted by Crippen LogP contribution is -2.43. The van der Waals surface area contributed by atoms with Gasteiger partial charge in [-0.25, -0.2) is 4.79 Å². The summed E-state index contributed by atoms with van der Waals surface area (Å²) in [4.78, 5) is 33.2. The van der Waals surface area contributed by atoms with Crippen LogP contribution < -0.4 is 10.1 Å². The largest absolute Gasteiger partial charge is 0.484 e. The van der Waals surface area contributed by atoms with E-state index in [1.807, 2.05) is 20.8 Å². The van der Waals surface area contributed by atoms with Crippen molar-refractivity contribution < 1.29 is 29.3 Å². The molecule has 0 saturated carbocycles. The number of ether oxygens (including phenoxy) is 1. The number of benzene rings is 1. The standard InChI is InChI=1S/C16H21NO6/c1-9-6-12(7-10(2)11(9)3)23-8-14(18)17-13(16(21)22)4-5-15(19)20/h6-7,13H,4-5,8H2,1-3H3,(H,17,18)(H,19,20)(H,21,22). The van der Waals surface area contributed by atoms with Crippen LogP contribution in [0.5, 0.6) is 5.75 Å². The fraction of sp³-hybridized carbons (Fsp3) is 0.438.